The average Bonchev–Trinajstić information content (AvgIpc) is 3.06. The topological polar surface area (TPSA) is 78.3 Å². The Balaban J connectivity index is 1.61. The molecule has 3 rings (SSSR count). The summed E-state index contributed by atoms with van der Waals surface area (Å²) in [6.07, 6.45) is 2.93. The zero-order chi connectivity index (χ0) is 14.7. The lowest BCUT2D eigenvalue weighted by atomic mass is 10.2. The summed E-state index contributed by atoms with van der Waals surface area (Å²) < 4.78 is 12.5. The molecule has 1 aliphatic rings. The van der Waals surface area contributed by atoms with E-state index in [1.807, 2.05) is 18.2 Å². The van der Waals surface area contributed by atoms with E-state index >= 15 is 0 Å². The van der Waals surface area contributed by atoms with Gasteiger partial charge in [-0.1, -0.05) is 6.07 Å². The Hall–Kier alpha value is -2.57. The van der Waals surface area contributed by atoms with Crippen molar-refractivity contribution in [3.63, 3.8) is 0 Å². The molecule has 0 aliphatic carbocycles. The SMILES string of the molecule is C[C@H](C(=O)NCc1ccc2c(c1)OCCO2)n1cncn1. The van der Waals surface area contributed by atoms with Gasteiger partial charge >= 0.3 is 0 Å². The first kappa shape index (κ1) is 13.4. The smallest absolute Gasteiger partial charge is 0.244 e. The van der Waals surface area contributed by atoms with E-state index in [0.717, 1.165) is 17.1 Å². The van der Waals surface area contributed by atoms with Crippen molar-refractivity contribution in [1.82, 2.24) is 20.1 Å². The number of benzene rings is 1. The average molecular weight is 288 g/mol. The third kappa shape index (κ3) is 2.96. The van der Waals surface area contributed by atoms with Gasteiger partial charge in [0.15, 0.2) is 11.5 Å². The fourth-order valence-electron chi connectivity index (χ4n) is 2.07. The minimum atomic E-state index is -0.398. The third-order valence-electron chi connectivity index (χ3n) is 3.29. The Bertz CT molecular complexity index is 627. The van der Waals surface area contributed by atoms with Crippen LogP contribution in [-0.2, 0) is 11.3 Å². The highest BCUT2D eigenvalue weighted by Gasteiger charge is 2.16. The van der Waals surface area contributed by atoms with E-state index in [4.69, 9.17) is 9.47 Å². The number of aromatic nitrogens is 3. The maximum Gasteiger partial charge on any atom is 0.244 e. The number of carbonyl (C=O) groups excluding carboxylic acids is 1. The highest BCUT2D eigenvalue weighted by molar-refractivity contribution is 5.79. The van der Waals surface area contributed by atoms with Crippen LogP contribution in [0.3, 0.4) is 0 Å². The fraction of sp³-hybridized carbons (Fsp3) is 0.357. The molecular formula is C14H16N4O3. The molecule has 0 saturated heterocycles. The molecule has 21 heavy (non-hydrogen) atoms. The molecular weight excluding hydrogens is 272 g/mol. The molecule has 1 atom stereocenters. The molecule has 1 N–H and O–H groups in total. The summed E-state index contributed by atoms with van der Waals surface area (Å²) in [7, 11) is 0. The minimum absolute atomic E-state index is 0.115. The quantitative estimate of drug-likeness (QED) is 0.905. The normalized spacial score (nSPS) is 14.5. The Morgan fingerprint density at radius 3 is 2.95 bits per heavy atom. The van der Waals surface area contributed by atoms with E-state index in [1.165, 1.54) is 17.3 Å². The number of rotatable bonds is 4. The van der Waals surface area contributed by atoms with E-state index in [-0.39, 0.29) is 5.91 Å². The predicted molar refractivity (Wildman–Crippen MR) is 74.0 cm³/mol. The predicted octanol–water partition coefficient (Wildman–Crippen LogP) is 0.927. The number of hydrogen-bond donors (Lipinski definition) is 1. The van der Waals surface area contributed by atoms with Gasteiger partial charge < -0.3 is 14.8 Å². The van der Waals surface area contributed by atoms with Gasteiger partial charge in [-0.15, -0.1) is 0 Å². The van der Waals surface area contributed by atoms with Gasteiger partial charge in [-0.25, -0.2) is 9.67 Å². The molecule has 0 bridgehead atoms. The van der Waals surface area contributed by atoms with Gasteiger partial charge in [0, 0.05) is 6.54 Å². The molecule has 0 saturated carbocycles. The molecule has 1 aliphatic heterocycles. The second-order valence-corrected chi connectivity index (χ2v) is 4.75. The summed E-state index contributed by atoms with van der Waals surface area (Å²) in [6, 6.07) is 5.25. The summed E-state index contributed by atoms with van der Waals surface area (Å²) in [5.41, 5.74) is 0.957. The number of carbonyl (C=O) groups is 1. The van der Waals surface area contributed by atoms with E-state index in [2.05, 4.69) is 15.4 Å². The molecule has 7 nitrogen and oxygen atoms in total. The van der Waals surface area contributed by atoms with Crippen molar-refractivity contribution in [3.8, 4) is 11.5 Å². The maximum atomic E-state index is 12.0. The largest absolute Gasteiger partial charge is 0.486 e. The molecule has 0 radical (unpaired) electrons. The lowest BCUT2D eigenvalue weighted by Crippen LogP contribution is -2.30. The Morgan fingerprint density at radius 2 is 2.19 bits per heavy atom. The molecule has 1 aromatic carbocycles. The van der Waals surface area contributed by atoms with Gasteiger partial charge in [0.25, 0.3) is 0 Å². The van der Waals surface area contributed by atoms with Gasteiger partial charge in [0.05, 0.1) is 0 Å². The van der Waals surface area contributed by atoms with Crippen LogP contribution in [0.25, 0.3) is 0 Å². The van der Waals surface area contributed by atoms with Crippen LogP contribution < -0.4 is 14.8 Å². The highest BCUT2D eigenvalue weighted by atomic mass is 16.6. The van der Waals surface area contributed by atoms with Crippen molar-refractivity contribution in [1.29, 1.82) is 0 Å². The van der Waals surface area contributed by atoms with Gasteiger partial charge in [-0.3, -0.25) is 4.79 Å². The van der Waals surface area contributed by atoms with Crippen LogP contribution in [0.15, 0.2) is 30.9 Å². The van der Waals surface area contributed by atoms with Crippen LogP contribution in [0.1, 0.15) is 18.5 Å². The van der Waals surface area contributed by atoms with Crippen molar-refractivity contribution in [2.24, 2.45) is 0 Å². The van der Waals surface area contributed by atoms with Crippen molar-refractivity contribution < 1.29 is 14.3 Å². The molecule has 1 amide bonds. The second kappa shape index (κ2) is 5.82. The van der Waals surface area contributed by atoms with E-state index in [0.29, 0.717) is 19.8 Å². The molecule has 0 spiro atoms. The van der Waals surface area contributed by atoms with Gasteiger partial charge in [0.2, 0.25) is 5.91 Å². The lowest BCUT2D eigenvalue weighted by molar-refractivity contribution is -0.124. The first-order chi connectivity index (χ1) is 10.2. The van der Waals surface area contributed by atoms with Crippen LogP contribution >= 0.6 is 0 Å². The molecule has 2 heterocycles. The highest BCUT2D eigenvalue weighted by Crippen LogP contribution is 2.30. The number of nitrogens with zero attached hydrogens (tertiary/aromatic N) is 3. The maximum absolute atomic E-state index is 12.0. The third-order valence-corrected chi connectivity index (χ3v) is 3.29. The second-order valence-electron chi connectivity index (χ2n) is 4.75. The van der Waals surface area contributed by atoms with Crippen LogP contribution in [0, 0.1) is 0 Å². The van der Waals surface area contributed by atoms with E-state index in [1.54, 1.807) is 6.92 Å². The molecule has 7 heteroatoms. The van der Waals surface area contributed by atoms with Gasteiger partial charge in [-0.2, -0.15) is 5.10 Å². The summed E-state index contributed by atoms with van der Waals surface area (Å²) >= 11 is 0. The Kier molecular flexibility index (Phi) is 3.72. The van der Waals surface area contributed by atoms with Gasteiger partial charge in [0.1, 0.15) is 31.9 Å². The summed E-state index contributed by atoms with van der Waals surface area (Å²) in [5, 5.41) is 6.83. The number of fused-ring (bicyclic) bond motifs is 1. The van der Waals surface area contributed by atoms with Crippen molar-refractivity contribution in [3.05, 3.63) is 36.4 Å². The molecule has 110 valence electrons. The van der Waals surface area contributed by atoms with Crippen molar-refractivity contribution >= 4 is 5.91 Å². The van der Waals surface area contributed by atoms with Crippen molar-refractivity contribution in [2.45, 2.75) is 19.5 Å². The molecule has 0 fully saturated rings. The van der Waals surface area contributed by atoms with E-state index < -0.39 is 6.04 Å². The van der Waals surface area contributed by atoms with Crippen LogP contribution in [-0.4, -0.2) is 33.9 Å². The molecule has 1 aromatic heterocycles. The van der Waals surface area contributed by atoms with Crippen LogP contribution in [0.4, 0.5) is 0 Å². The van der Waals surface area contributed by atoms with Crippen LogP contribution in [0.5, 0.6) is 11.5 Å². The van der Waals surface area contributed by atoms with E-state index in [9.17, 15) is 4.79 Å². The number of amides is 1. The lowest BCUT2D eigenvalue weighted by Gasteiger charge is -2.19. The standard InChI is InChI=1S/C14H16N4O3/c1-10(18-9-15-8-17-18)14(19)16-7-11-2-3-12-13(6-11)21-5-4-20-12/h2-3,6,8-10H,4-5,7H2,1H3,(H,16,19)/t10-/m1/s1. The Labute approximate surface area is 121 Å². The van der Waals surface area contributed by atoms with Gasteiger partial charge in [-0.05, 0) is 24.6 Å². The summed E-state index contributed by atoms with van der Waals surface area (Å²) in [4.78, 5) is 15.9. The first-order valence-electron chi connectivity index (χ1n) is 6.74. The summed E-state index contributed by atoms with van der Waals surface area (Å²) in [6.45, 7) is 3.31. The zero-order valence-corrected chi connectivity index (χ0v) is 11.7. The van der Waals surface area contributed by atoms with Crippen LogP contribution in [0.2, 0.25) is 0 Å². The monoisotopic (exact) mass is 288 g/mol. The molecule has 0 unspecified atom stereocenters. The number of nitrogens with one attached hydrogen (secondary N) is 1. The first-order valence-corrected chi connectivity index (χ1v) is 6.74. The fourth-order valence-corrected chi connectivity index (χ4v) is 2.07. The van der Waals surface area contributed by atoms with Crippen molar-refractivity contribution in [2.75, 3.05) is 13.2 Å². The molecule has 2 aromatic rings. The zero-order valence-electron chi connectivity index (χ0n) is 11.7. The number of hydrogen-bond acceptors (Lipinski definition) is 5. The Morgan fingerprint density at radius 1 is 1.38 bits per heavy atom. The minimum Gasteiger partial charge on any atom is -0.486 e. The number of ether oxygens (including phenoxy) is 2. The summed E-state index contributed by atoms with van der Waals surface area (Å²) in [5.74, 6) is 1.35.